The molecule has 2 N–H and O–H groups in total. The molecular weight excluding hydrogens is 348 g/mol. The molecule has 2 aromatic carbocycles. The fourth-order valence-electron chi connectivity index (χ4n) is 2.49. The minimum absolute atomic E-state index is 0.191. The van der Waals surface area contributed by atoms with E-state index >= 15 is 0 Å². The first kappa shape index (κ1) is 16.3. The van der Waals surface area contributed by atoms with Crippen LogP contribution in [0.25, 0.3) is 0 Å². The maximum Gasteiger partial charge on any atom is 0.0525 e. The lowest BCUT2D eigenvalue weighted by Crippen LogP contribution is -2.23. The Bertz CT molecular complexity index is 615. The summed E-state index contributed by atoms with van der Waals surface area (Å²) in [6.07, 6.45) is 0.856. The van der Waals surface area contributed by atoms with Crippen molar-refractivity contribution in [1.82, 2.24) is 0 Å². The molecular formula is C17H20BrClN2. The largest absolute Gasteiger partial charge is 0.368 e. The third-order valence-electron chi connectivity index (χ3n) is 3.77. The van der Waals surface area contributed by atoms with Gasteiger partial charge in [0.2, 0.25) is 0 Å². The molecule has 0 aliphatic heterocycles. The predicted molar refractivity (Wildman–Crippen MR) is 95.2 cm³/mol. The van der Waals surface area contributed by atoms with Gasteiger partial charge in [0.25, 0.3) is 0 Å². The number of hydrogen-bond donors (Lipinski definition) is 1. The van der Waals surface area contributed by atoms with Gasteiger partial charge in [-0.3, -0.25) is 0 Å². The number of rotatable bonds is 5. The summed E-state index contributed by atoms with van der Waals surface area (Å²) in [6, 6.07) is 14.5. The van der Waals surface area contributed by atoms with Crippen LogP contribution in [0.1, 0.15) is 24.1 Å². The van der Waals surface area contributed by atoms with E-state index in [1.807, 2.05) is 18.2 Å². The minimum atomic E-state index is 0.191. The van der Waals surface area contributed by atoms with Crippen LogP contribution in [0.2, 0.25) is 5.02 Å². The lowest BCUT2D eigenvalue weighted by molar-refractivity contribution is 0.734. The SMILES string of the molecule is CC(c1ccccc1Cl)N(C)c1ccc(Br)cc1CCN. The highest BCUT2D eigenvalue weighted by Crippen LogP contribution is 2.33. The second kappa shape index (κ2) is 7.30. The topological polar surface area (TPSA) is 29.3 Å². The molecule has 0 aromatic heterocycles. The normalized spacial score (nSPS) is 12.2. The van der Waals surface area contributed by atoms with Crippen molar-refractivity contribution in [2.75, 3.05) is 18.5 Å². The average Bonchev–Trinajstić information content (AvgIpc) is 2.47. The lowest BCUT2D eigenvalue weighted by atomic mass is 10.0. The highest BCUT2D eigenvalue weighted by atomic mass is 79.9. The Kier molecular flexibility index (Phi) is 5.68. The molecule has 0 fully saturated rings. The van der Waals surface area contributed by atoms with Crippen LogP contribution in [-0.4, -0.2) is 13.6 Å². The number of benzene rings is 2. The number of anilines is 1. The van der Waals surface area contributed by atoms with Gasteiger partial charge in [0.1, 0.15) is 0 Å². The number of nitrogens with two attached hydrogens (primary N) is 1. The first-order valence-corrected chi connectivity index (χ1v) is 8.17. The van der Waals surface area contributed by atoms with Crippen LogP contribution in [0.4, 0.5) is 5.69 Å². The molecule has 0 amide bonds. The molecule has 112 valence electrons. The Morgan fingerprint density at radius 2 is 1.95 bits per heavy atom. The molecule has 0 aliphatic rings. The molecule has 0 radical (unpaired) electrons. The predicted octanol–water partition coefficient (Wildman–Crippen LogP) is 4.80. The third-order valence-corrected chi connectivity index (χ3v) is 4.61. The lowest BCUT2D eigenvalue weighted by Gasteiger charge is -2.30. The third kappa shape index (κ3) is 3.79. The zero-order valence-electron chi connectivity index (χ0n) is 12.3. The summed E-state index contributed by atoms with van der Waals surface area (Å²) in [5.74, 6) is 0. The summed E-state index contributed by atoms with van der Waals surface area (Å²) >= 11 is 9.85. The van der Waals surface area contributed by atoms with Crippen molar-refractivity contribution >= 4 is 33.2 Å². The van der Waals surface area contributed by atoms with Crippen molar-refractivity contribution in [3.8, 4) is 0 Å². The summed E-state index contributed by atoms with van der Waals surface area (Å²) < 4.78 is 1.08. The van der Waals surface area contributed by atoms with Gasteiger partial charge in [0.05, 0.1) is 6.04 Å². The van der Waals surface area contributed by atoms with E-state index in [-0.39, 0.29) is 6.04 Å². The van der Waals surface area contributed by atoms with E-state index < -0.39 is 0 Å². The fraction of sp³-hybridized carbons (Fsp3) is 0.294. The van der Waals surface area contributed by atoms with Gasteiger partial charge >= 0.3 is 0 Å². The Hall–Kier alpha value is -1.03. The number of nitrogens with zero attached hydrogens (tertiary/aromatic N) is 1. The molecule has 0 heterocycles. The van der Waals surface area contributed by atoms with Gasteiger partial charge in [-0.15, -0.1) is 0 Å². The molecule has 1 atom stereocenters. The van der Waals surface area contributed by atoms with Crippen LogP contribution in [-0.2, 0) is 6.42 Å². The van der Waals surface area contributed by atoms with Crippen molar-refractivity contribution in [3.63, 3.8) is 0 Å². The van der Waals surface area contributed by atoms with E-state index in [0.29, 0.717) is 6.54 Å². The molecule has 0 spiro atoms. The molecule has 0 saturated carbocycles. The van der Waals surface area contributed by atoms with Crippen molar-refractivity contribution in [2.24, 2.45) is 5.73 Å². The molecule has 0 bridgehead atoms. The van der Waals surface area contributed by atoms with E-state index in [4.69, 9.17) is 17.3 Å². The van der Waals surface area contributed by atoms with Crippen molar-refractivity contribution in [1.29, 1.82) is 0 Å². The van der Waals surface area contributed by atoms with Crippen LogP contribution < -0.4 is 10.6 Å². The van der Waals surface area contributed by atoms with E-state index in [1.54, 1.807) is 0 Å². The van der Waals surface area contributed by atoms with E-state index in [0.717, 1.165) is 21.5 Å². The van der Waals surface area contributed by atoms with Gasteiger partial charge in [-0.2, -0.15) is 0 Å². The van der Waals surface area contributed by atoms with Crippen molar-refractivity contribution < 1.29 is 0 Å². The average molecular weight is 368 g/mol. The maximum absolute atomic E-state index is 6.32. The van der Waals surface area contributed by atoms with Gasteiger partial charge in [-0.1, -0.05) is 45.7 Å². The molecule has 1 unspecified atom stereocenters. The van der Waals surface area contributed by atoms with Gasteiger partial charge in [-0.25, -0.2) is 0 Å². The van der Waals surface area contributed by atoms with E-state index in [1.165, 1.54) is 11.3 Å². The van der Waals surface area contributed by atoms with Gasteiger partial charge in [0, 0.05) is 22.2 Å². The number of hydrogen-bond acceptors (Lipinski definition) is 2. The monoisotopic (exact) mass is 366 g/mol. The Morgan fingerprint density at radius 1 is 1.24 bits per heavy atom. The minimum Gasteiger partial charge on any atom is -0.368 e. The van der Waals surface area contributed by atoms with Gasteiger partial charge in [-0.05, 0) is 55.3 Å². The molecule has 2 nitrogen and oxygen atoms in total. The molecule has 2 rings (SSSR count). The summed E-state index contributed by atoms with van der Waals surface area (Å²) in [6.45, 7) is 2.80. The molecule has 4 heteroatoms. The standard InChI is InChI=1S/C17H20BrClN2/c1-12(15-5-3-4-6-16(15)19)21(2)17-8-7-14(18)11-13(17)9-10-20/h3-8,11-12H,9-10,20H2,1-2H3. The fourth-order valence-corrected chi connectivity index (χ4v) is 3.19. The second-order valence-electron chi connectivity index (χ2n) is 5.12. The van der Waals surface area contributed by atoms with E-state index in [2.05, 4.69) is 59.1 Å². The second-order valence-corrected chi connectivity index (χ2v) is 6.44. The number of halogens is 2. The summed E-state index contributed by atoms with van der Waals surface area (Å²) in [5, 5.41) is 0.800. The highest BCUT2D eigenvalue weighted by Gasteiger charge is 2.17. The van der Waals surface area contributed by atoms with Crippen LogP contribution in [0.3, 0.4) is 0 Å². The zero-order valence-corrected chi connectivity index (χ0v) is 14.7. The van der Waals surface area contributed by atoms with Crippen molar-refractivity contribution in [2.45, 2.75) is 19.4 Å². The Morgan fingerprint density at radius 3 is 2.62 bits per heavy atom. The van der Waals surface area contributed by atoms with Crippen molar-refractivity contribution in [3.05, 3.63) is 63.1 Å². The summed E-state index contributed by atoms with van der Waals surface area (Å²) in [5.41, 5.74) is 9.30. The summed E-state index contributed by atoms with van der Waals surface area (Å²) in [4.78, 5) is 2.25. The van der Waals surface area contributed by atoms with Crippen LogP contribution in [0.5, 0.6) is 0 Å². The summed E-state index contributed by atoms with van der Waals surface area (Å²) in [7, 11) is 2.09. The first-order valence-electron chi connectivity index (χ1n) is 7.00. The van der Waals surface area contributed by atoms with E-state index in [9.17, 15) is 0 Å². The Balaban J connectivity index is 2.35. The molecule has 21 heavy (non-hydrogen) atoms. The van der Waals surface area contributed by atoms with Gasteiger partial charge in [0.15, 0.2) is 0 Å². The molecule has 0 saturated heterocycles. The molecule has 0 aliphatic carbocycles. The maximum atomic E-state index is 6.32. The quantitative estimate of drug-likeness (QED) is 0.822. The van der Waals surface area contributed by atoms with Crippen LogP contribution >= 0.6 is 27.5 Å². The first-order chi connectivity index (χ1) is 10.0. The van der Waals surface area contributed by atoms with Crippen LogP contribution in [0, 0.1) is 0 Å². The Labute approximate surface area is 140 Å². The molecule has 2 aromatic rings. The smallest absolute Gasteiger partial charge is 0.0525 e. The van der Waals surface area contributed by atoms with Crippen LogP contribution in [0.15, 0.2) is 46.9 Å². The van der Waals surface area contributed by atoms with Gasteiger partial charge < -0.3 is 10.6 Å². The zero-order chi connectivity index (χ0) is 15.4. The highest BCUT2D eigenvalue weighted by molar-refractivity contribution is 9.10.